The largest absolute Gasteiger partial charge is 0.289 e. The van der Waals surface area contributed by atoms with Gasteiger partial charge in [-0.15, -0.1) is 11.3 Å². The third-order valence-electron chi connectivity index (χ3n) is 4.16. The van der Waals surface area contributed by atoms with E-state index in [0.29, 0.717) is 0 Å². The number of rotatable bonds is 2. The molecule has 2 aromatic carbocycles. The molecule has 0 radical (unpaired) electrons. The van der Waals surface area contributed by atoms with Crippen LogP contribution in [0.3, 0.4) is 0 Å². The Bertz CT molecular complexity index is 863. The monoisotopic (exact) mass is 356 g/mol. The van der Waals surface area contributed by atoms with E-state index < -0.39 is 0 Å². The van der Waals surface area contributed by atoms with E-state index in [1.807, 2.05) is 29.6 Å². The van der Waals surface area contributed by atoms with Crippen LogP contribution in [0.2, 0.25) is 0 Å². The van der Waals surface area contributed by atoms with Gasteiger partial charge >= 0.3 is 0 Å². The first kappa shape index (κ1) is 13.2. The number of aryl methyl sites for hydroxylation is 2. The minimum Gasteiger partial charge on any atom is -0.289 e. The van der Waals surface area contributed by atoms with Gasteiger partial charge in [-0.05, 0) is 58.5 Å². The van der Waals surface area contributed by atoms with Crippen molar-refractivity contribution in [3.05, 3.63) is 68.5 Å². The maximum Gasteiger partial charge on any atom is 0.194 e. The summed E-state index contributed by atoms with van der Waals surface area (Å²) in [5.41, 5.74) is 4.38. The minimum absolute atomic E-state index is 0.133. The number of ketones is 1. The van der Waals surface area contributed by atoms with Gasteiger partial charge in [0.15, 0.2) is 5.78 Å². The fourth-order valence-electron chi connectivity index (χ4n) is 3.07. The molecule has 0 N–H and O–H groups in total. The van der Waals surface area contributed by atoms with Gasteiger partial charge in [-0.1, -0.05) is 24.3 Å². The van der Waals surface area contributed by atoms with Crippen LogP contribution in [-0.4, -0.2) is 5.78 Å². The van der Waals surface area contributed by atoms with Gasteiger partial charge in [-0.3, -0.25) is 4.79 Å². The van der Waals surface area contributed by atoms with Gasteiger partial charge in [0.2, 0.25) is 0 Å². The molecular formula is C18H13BrOS. The van der Waals surface area contributed by atoms with E-state index in [1.54, 1.807) is 11.3 Å². The Kier molecular flexibility index (Phi) is 3.20. The fourth-order valence-corrected chi connectivity index (χ4v) is 4.67. The third-order valence-corrected chi connectivity index (χ3v) is 6.11. The predicted octanol–water partition coefficient (Wildman–Crippen LogP) is 5.38. The molecule has 0 saturated heterocycles. The van der Waals surface area contributed by atoms with Crippen LogP contribution < -0.4 is 0 Å². The Hall–Kier alpha value is -1.45. The van der Waals surface area contributed by atoms with Crippen molar-refractivity contribution >= 4 is 43.1 Å². The summed E-state index contributed by atoms with van der Waals surface area (Å²) in [6.45, 7) is 0. The van der Waals surface area contributed by atoms with Crippen LogP contribution >= 0.6 is 27.3 Å². The second kappa shape index (κ2) is 5.08. The average Bonchev–Trinajstić information content (AvgIpc) is 3.13. The van der Waals surface area contributed by atoms with Crippen LogP contribution in [0.5, 0.6) is 0 Å². The van der Waals surface area contributed by atoms with Gasteiger partial charge in [0, 0.05) is 31.1 Å². The van der Waals surface area contributed by atoms with Crippen LogP contribution in [0.4, 0.5) is 0 Å². The highest BCUT2D eigenvalue weighted by Gasteiger charge is 2.18. The Morgan fingerprint density at radius 3 is 2.86 bits per heavy atom. The highest BCUT2D eigenvalue weighted by molar-refractivity contribution is 9.10. The van der Waals surface area contributed by atoms with Crippen molar-refractivity contribution in [2.45, 2.75) is 19.3 Å². The van der Waals surface area contributed by atoms with Gasteiger partial charge in [0.25, 0.3) is 0 Å². The fraction of sp³-hybridized carbons (Fsp3) is 0.167. The second-order valence-electron chi connectivity index (χ2n) is 5.43. The molecule has 1 aliphatic carbocycles. The number of fused-ring (bicyclic) bond motifs is 2. The number of hydrogen-bond acceptors (Lipinski definition) is 2. The second-order valence-corrected chi connectivity index (χ2v) is 7.17. The molecule has 0 fully saturated rings. The van der Waals surface area contributed by atoms with Crippen LogP contribution in [0.15, 0.2) is 46.3 Å². The van der Waals surface area contributed by atoms with Crippen LogP contribution in [0.25, 0.3) is 10.1 Å². The first-order chi connectivity index (χ1) is 10.2. The van der Waals surface area contributed by atoms with Crippen LogP contribution in [-0.2, 0) is 12.8 Å². The SMILES string of the molecule is O=C(c1ccc2c(c1)CCC2)c1csc2c(Br)cccc12. The molecule has 104 valence electrons. The van der Waals surface area contributed by atoms with Gasteiger partial charge in [-0.25, -0.2) is 0 Å². The van der Waals surface area contributed by atoms with E-state index >= 15 is 0 Å². The molecule has 0 bridgehead atoms. The molecule has 0 saturated carbocycles. The lowest BCUT2D eigenvalue weighted by molar-refractivity contribution is 0.104. The van der Waals surface area contributed by atoms with E-state index in [9.17, 15) is 4.79 Å². The van der Waals surface area contributed by atoms with Crippen molar-refractivity contribution in [3.63, 3.8) is 0 Å². The summed E-state index contributed by atoms with van der Waals surface area (Å²) in [5.74, 6) is 0.133. The Morgan fingerprint density at radius 1 is 1.10 bits per heavy atom. The predicted molar refractivity (Wildman–Crippen MR) is 91.4 cm³/mol. The number of benzene rings is 2. The van der Waals surface area contributed by atoms with Crippen molar-refractivity contribution < 1.29 is 4.79 Å². The number of carbonyl (C=O) groups excluding carboxylic acids is 1. The Morgan fingerprint density at radius 2 is 1.95 bits per heavy atom. The molecule has 0 amide bonds. The third kappa shape index (κ3) is 2.16. The molecule has 1 aliphatic rings. The summed E-state index contributed by atoms with van der Waals surface area (Å²) in [7, 11) is 0. The zero-order chi connectivity index (χ0) is 14.4. The van der Waals surface area contributed by atoms with E-state index in [0.717, 1.165) is 38.5 Å². The smallest absolute Gasteiger partial charge is 0.194 e. The Labute approximate surface area is 135 Å². The van der Waals surface area contributed by atoms with Crippen molar-refractivity contribution in [2.75, 3.05) is 0 Å². The first-order valence-electron chi connectivity index (χ1n) is 7.06. The zero-order valence-corrected chi connectivity index (χ0v) is 13.8. The molecule has 1 aromatic heterocycles. The molecule has 1 nitrogen and oxygen atoms in total. The molecule has 4 rings (SSSR count). The van der Waals surface area contributed by atoms with E-state index in [4.69, 9.17) is 0 Å². The minimum atomic E-state index is 0.133. The zero-order valence-electron chi connectivity index (χ0n) is 11.4. The normalized spacial score (nSPS) is 13.6. The number of hydrogen-bond donors (Lipinski definition) is 0. The lowest BCUT2D eigenvalue weighted by Crippen LogP contribution is -2.01. The summed E-state index contributed by atoms with van der Waals surface area (Å²) in [6, 6.07) is 12.2. The molecule has 1 heterocycles. The summed E-state index contributed by atoms with van der Waals surface area (Å²) in [4.78, 5) is 12.8. The summed E-state index contributed by atoms with van der Waals surface area (Å²) in [5, 5.41) is 3.02. The molecule has 3 heteroatoms. The van der Waals surface area contributed by atoms with Gasteiger partial charge < -0.3 is 0 Å². The number of thiophene rings is 1. The van der Waals surface area contributed by atoms with Gasteiger partial charge in [0.1, 0.15) is 0 Å². The van der Waals surface area contributed by atoms with E-state index in [2.05, 4.69) is 28.1 Å². The van der Waals surface area contributed by atoms with Crippen molar-refractivity contribution in [1.82, 2.24) is 0 Å². The lowest BCUT2D eigenvalue weighted by atomic mass is 9.99. The van der Waals surface area contributed by atoms with Crippen molar-refractivity contribution in [3.8, 4) is 0 Å². The molecular weight excluding hydrogens is 344 g/mol. The summed E-state index contributed by atoms with van der Waals surface area (Å²) >= 11 is 5.18. The van der Waals surface area contributed by atoms with Crippen molar-refractivity contribution in [1.29, 1.82) is 0 Å². The number of halogens is 1. The maximum atomic E-state index is 12.8. The molecule has 0 spiro atoms. The highest BCUT2D eigenvalue weighted by Crippen LogP contribution is 2.34. The average molecular weight is 357 g/mol. The van der Waals surface area contributed by atoms with Gasteiger partial charge in [0.05, 0.1) is 0 Å². The van der Waals surface area contributed by atoms with Crippen LogP contribution in [0, 0.1) is 0 Å². The standard InChI is InChI=1S/C18H13BrOS/c19-16-6-2-5-14-15(10-21-18(14)16)17(20)13-8-7-11-3-1-4-12(11)9-13/h2,5-10H,1,3-4H2. The number of carbonyl (C=O) groups is 1. The highest BCUT2D eigenvalue weighted by atomic mass is 79.9. The van der Waals surface area contributed by atoms with E-state index in [-0.39, 0.29) is 5.78 Å². The summed E-state index contributed by atoms with van der Waals surface area (Å²) in [6.07, 6.45) is 3.46. The first-order valence-corrected chi connectivity index (χ1v) is 8.73. The molecule has 0 atom stereocenters. The summed E-state index contributed by atoms with van der Waals surface area (Å²) < 4.78 is 2.19. The quantitative estimate of drug-likeness (QED) is 0.563. The molecule has 0 aliphatic heterocycles. The molecule has 3 aromatic rings. The lowest BCUT2D eigenvalue weighted by Gasteiger charge is -2.04. The maximum absolute atomic E-state index is 12.8. The topological polar surface area (TPSA) is 17.1 Å². The Balaban J connectivity index is 1.82. The van der Waals surface area contributed by atoms with Crippen LogP contribution in [0.1, 0.15) is 33.5 Å². The molecule has 0 unspecified atom stereocenters. The molecule has 21 heavy (non-hydrogen) atoms. The van der Waals surface area contributed by atoms with Gasteiger partial charge in [-0.2, -0.15) is 0 Å². The van der Waals surface area contributed by atoms with Crippen molar-refractivity contribution in [2.24, 2.45) is 0 Å². The van der Waals surface area contributed by atoms with E-state index in [1.165, 1.54) is 17.5 Å².